The van der Waals surface area contributed by atoms with Gasteiger partial charge in [-0.15, -0.1) is 0 Å². The average molecular weight is 295 g/mol. The molecule has 0 aliphatic carbocycles. The normalized spacial score (nSPS) is 21.4. The van der Waals surface area contributed by atoms with Crippen LogP contribution in [0.25, 0.3) is 0 Å². The van der Waals surface area contributed by atoms with E-state index in [4.69, 9.17) is 16.3 Å². The van der Waals surface area contributed by atoms with E-state index in [1.54, 1.807) is 18.2 Å². The van der Waals surface area contributed by atoms with E-state index in [0.29, 0.717) is 29.4 Å². The molecule has 0 spiro atoms. The van der Waals surface area contributed by atoms with Gasteiger partial charge in [0.25, 0.3) is 0 Å². The number of nitriles is 1. The van der Waals surface area contributed by atoms with Crippen LogP contribution in [0.1, 0.15) is 12.5 Å². The first kappa shape index (κ1) is 14.6. The number of halogens is 1. The van der Waals surface area contributed by atoms with Crippen LogP contribution in [0.5, 0.6) is 0 Å². The molecule has 1 aromatic carbocycles. The van der Waals surface area contributed by atoms with Crippen LogP contribution in [0.15, 0.2) is 18.2 Å². The summed E-state index contributed by atoms with van der Waals surface area (Å²) < 4.78 is 5.30. The largest absolute Gasteiger partial charge is 0.481 e. The van der Waals surface area contributed by atoms with Crippen molar-refractivity contribution in [2.24, 2.45) is 5.92 Å². The lowest BCUT2D eigenvalue weighted by Crippen LogP contribution is -2.43. The van der Waals surface area contributed by atoms with E-state index < -0.39 is 11.9 Å². The molecule has 6 heteroatoms. The molecule has 5 nitrogen and oxygen atoms in total. The third-order valence-electron chi connectivity index (χ3n) is 3.52. The van der Waals surface area contributed by atoms with Crippen molar-refractivity contribution in [3.63, 3.8) is 0 Å². The molecule has 106 valence electrons. The van der Waals surface area contributed by atoms with Gasteiger partial charge in [0.05, 0.1) is 35.5 Å². The summed E-state index contributed by atoms with van der Waals surface area (Å²) in [7, 11) is 0. The Hall–Kier alpha value is -1.77. The van der Waals surface area contributed by atoms with Gasteiger partial charge >= 0.3 is 5.97 Å². The lowest BCUT2D eigenvalue weighted by Gasteiger charge is -2.32. The van der Waals surface area contributed by atoms with Crippen LogP contribution < -0.4 is 4.90 Å². The third-order valence-corrected chi connectivity index (χ3v) is 3.84. The van der Waals surface area contributed by atoms with Crippen LogP contribution in [0.4, 0.5) is 5.69 Å². The molecule has 2 rings (SSSR count). The maximum atomic E-state index is 11.3. The Labute approximate surface area is 122 Å². The zero-order valence-corrected chi connectivity index (χ0v) is 11.8. The number of anilines is 1. The summed E-state index contributed by atoms with van der Waals surface area (Å²) in [5.41, 5.74) is 1.02. The number of rotatable bonds is 4. The molecule has 20 heavy (non-hydrogen) atoms. The zero-order chi connectivity index (χ0) is 14.7. The van der Waals surface area contributed by atoms with E-state index in [1.165, 1.54) is 0 Å². The number of carbonyl (C=O) groups is 1. The number of ether oxygens (including phenoxy) is 1. The molecule has 0 radical (unpaired) electrons. The highest BCUT2D eigenvalue weighted by atomic mass is 35.5. The topological polar surface area (TPSA) is 73.6 Å². The molecule has 1 aliphatic rings. The number of benzene rings is 1. The fraction of sp³-hybridized carbons (Fsp3) is 0.429. The minimum atomic E-state index is -0.883. The molecule has 0 saturated carbocycles. The molecule has 1 aromatic rings. The first-order valence-corrected chi connectivity index (χ1v) is 6.73. The third kappa shape index (κ3) is 2.58. The Kier molecular flexibility index (Phi) is 4.48. The quantitative estimate of drug-likeness (QED) is 0.921. The second kappa shape index (κ2) is 6.12. The van der Waals surface area contributed by atoms with Crippen LogP contribution in [0.2, 0.25) is 5.02 Å². The van der Waals surface area contributed by atoms with Gasteiger partial charge in [-0.05, 0) is 19.1 Å². The van der Waals surface area contributed by atoms with Crippen molar-refractivity contribution in [1.82, 2.24) is 0 Å². The van der Waals surface area contributed by atoms with E-state index in [9.17, 15) is 15.2 Å². The van der Waals surface area contributed by atoms with E-state index in [-0.39, 0.29) is 12.6 Å². The number of likely N-dealkylation sites (N-methyl/N-ethyl adjacent to an activating group) is 1. The molecule has 1 heterocycles. The lowest BCUT2D eigenvalue weighted by atomic mass is 10.0. The maximum Gasteiger partial charge on any atom is 0.311 e. The van der Waals surface area contributed by atoms with E-state index in [2.05, 4.69) is 6.07 Å². The first-order valence-electron chi connectivity index (χ1n) is 6.36. The molecule has 2 atom stereocenters. The van der Waals surface area contributed by atoms with Crippen molar-refractivity contribution in [3.05, 3.63) is 28.8 Å². The number of carboxylic acid groups (broad SMARTS) is 1. The molecule has 1 aliphatic heterocycles. The molecule has 2 unspecified atom stereocenters. The minimum absolute atomic E-state index is 0.193. The predicted octanol–water partition coefficient (Wildman–Crippen LogP) is 2.14. The fourth-order valence-electron chi connectivity index (χ4n) is 2.53. The summed E-state index contributed by atoms with van der Waals surface area (Å²) in [5.74, 6) is -1.48. The molecule has 1 fully saturated rings. The first-order chi connectivity index (χ1) is 9.60. The van der Waals surface area contributed by atoms with Gasteiger partial charge in [-0.2, -0.15) is 5.26 Å². The van der Waals surface area contributed by atoms with Crippen molar-refractivity contribution in [2.75, 3.05) is 24.7 Å². The van der Waals surface area contributed by atoms with Gasteiger partial charge in [-0.25, -0.2) is 0 Å². The lowest BCUT2D eigenvalue weighted by molar-refractivity contribution is -0.141. The molecular weight excluding hydrogens is 280 g/mol. The van der Waals surface area contributed by atoms with Crippen molar-refractivity contribution in [1.29, 1.82) is 5.26 Å². The molecular formula is C14H15ClN2O3. The Morgan fingerprint density at radius 1 is 1.60 bits per heavy atom. The highest BCUT2D eigenvalue weighted by Crippen LogP contribution is 2.31. The van der Waals surface area contributed by atoms with Gasteiger partial charge in [-0.3, -0.25) is 4.79 Å². The van der Waals surface area contributed by atoms with E-state index in [1.807, 2.05) is 11.8 Å². The van der Waals surface area contributed by atoms with Gasteiger partial charge in [0.15, 0.2) is 0 Å². The van der Waals surface area contributed by atoms with Crippen molar-refractivity contribution >= 4 is 23.3 Å². The number of carboxylic acids is 1. The van der Waals surface area contributed by atoms with E-state index in [0.717, 1.165) is 0 Å². The highest BCUT2D eigenvalue weighted by molar-refractivity contribution is 6.32. The fourth-order valence-corrected chi connectivity index (χ4v) is 2.74. The number of hydrogen-bond acceptors (Lipinski definition) is 4. The van der Waals surface area contributed by atoms with Crippen LogP contribution in [0, 0.1) is 17.2 Å². The molecule has 1 saturated heterocycles. The van der Waals surface area contributed by atoms with Crippen molar-refractivity contribution in [3.8, 4) is 6.07 Å². The summed E-state index contributed by atoms with van der Waals surface area (Å²) >= 11 is 6.04. The predicted molar refractivity (Wildman–Crippen MR) is 74.9 cm³/mol. The molecule has 1 N–H and O–H groups in total. The smallest absolute Gasteiger partial charge is 0.311 e. The van der Waals surface area contributed by atoms with Gasteiger partial charge in [0.1, 0.15) is 12.0 Å². The monoisotopic (exact) mass is 294 g/mol. The Balaban J connectivity index is 2.41. The average Bonchev–Trinajstić information content (AvgIpc) is 2.89. The zero-order valence-electron chi connectivity index (χ0n) is 11.0. The molecule has 0 bridgehead atoms. The van der Waals surface area contributed by atoms with Crippen molar-refractivity contribution < 1.29 is 14.6 Å². The van der Waals surface area contributed by atoms with Gasteiger partial charge < -0.3 is 14.7 Å². The molecule has 0 aromatic heterocycles. The summed E-state index contributed by atoms with van der Waals surface area (Å²) in [4.78, 5) is 13.2. The Morgan fingerprint density at radius 2 is 2.35 bits per heavy atom. The summed E-state index contributed by atoms with van der Waals surface area (Å²) in [6.45, 7) is 3.02. The molecule has 0 amide bonds. The number of nitrogens with zero attached hydrogens (tertiary/aromatic N) is 2. The van der Waals surface area contributed by atoms with Crippen LogP contribution in [-0.2, 0) is 9.53 Å². The summed E-state index contributed by atoms with van der Waals surface area (Å²) in [6, 6.07) is 6.99. The van der Waals surface area contributed by atoms with Crippen molar-refractivity contribution in [2.45, 2.75) is 13.0 Å². The standard InChI is InChI=1S/C14H15ClN2O3/c1-2-17(13-8-20-7-10(13)14(18)19)12-5-3-4-11(15)9(12)6-16/h3-5,10,13H,2,7-8H2,1H3,(H,18,19). The van der Waals surface area contributed by atoms with Crippen LogP contribution >= 0.6 is 11.6 Å². The maximum absolute atomic E-state index is 11.3. The SMILES string of the molecule is CCN(c1cccc(Cl)c1C#N)C1COCC1C(=O)O. The second-order valence-corrected chi connectivity index (χ2v) is 4.99. The van der Waals surface area contributed by atoms with Gasteiger partial charge in [-0.1, -0.05) is 17.7 Å². The number of hydrogen-bond donors (Lipinski definition) is 1. The Morgan fingerprint density at radius 3 is 2.95 bits per heavy atom. The summed E-state index contributed by atoms with van der Waals surface area (Å²) in [6.07, 6.45) is 0. The highest BCUT2D eigenvalue weighted by Gasteiger charge is 2.38. The Bertz CT molecular complexity index is 556. The van der Waals surface area contributed by atoms with Gasteiger partial charge in [0.2, 0.25) is 0 Å². The van der Waals surface area contributed by atoms with Gasteiger partial charge in [0, 0.05) is 6.54 Å². The minimum Gasteiger partial charge on any atom is -0.481 e. The summed E-state index contributed by atoms with van der Waals surface area (Å²) in [5, 5.41) is 18.9. The van der Waals surface area contributed by atoms with Crippen LogP contribution in [0.3, 0.4) is 0 Å². The second-order valence-electron chi connectivity index (χ2n) is 4.58. The number of aliphatic carboxylic acids is 1. The van der Waals surface area contributed by atoms with E-state index >= 15 is 0 Å². The van der Waals surface area contributed by atoms with Crippen LogP contribution in [-0.4, -0.2) is 36.9 Å².